The first kappa shape index (κ1) is 14.1. The molecule has 90 valence electrons. The summed E-state index contributed by atoms with van der Waals surface area (Å²) in [7, 11) is 0. The Kier molecular flexibility index (Phi) is 6.47. The standard InChI is InChI=1S/C7H13N5S4/c1-13-7-9-5(11-14-2)8-6(10-7)12(15-3)16-4/h1-4H3,(H,8,9,10,11). The minimum Gasteiger partial charge on any atom is -0.298 e. The molecule has 0 saturated heterocycles. The fourth-order valence-electron chi connectivity index (χ4n) is 0.894. The average molecular weight is 295 g/mol. The number of hydrogen-bond donors (Lipinski definition) is 1. The van der Waals surface area contributed by atoms with Crippen molar-refractivity contribution in [2.24, 2.45) is 0 Å². The quantitative estimate of drug-likeness (QED) is 0.630. The molecule has 1 aromatic rings. The molecule has 0 aliphatic carbocycles. The maximum atomic E-state index is 4.35. The van der Waals surface area contributed by atoms with Crippen molar-refractivity contribution < 1.29 is 0 Å². The molecule has 0 radical (unpaired) electrons. The monoisotopic (exact) mass is 295 g/mol. The van der Waals surface area contributed by atoms with Crippen LogP contribution >= 0.6 is 47.6 Å². The van der Waals surface area contributed by atoms with Crippen LogP contribution in [0.15, 0.2) is 5.16 Å². The van der Waals surface area contributed by atoms with Crippen molar-refractivity contribution in [1.82, 2.24) is 15.0 Å². The Morgan fingerprint density at radius 3 is 2.19 bits per heavy atom. The SMILES string of the molecule is CSNc1nc(SC)nc(N(SC)SC)n1. The van der Waals surface area contributed by atoms with Crippen molar-refractivity contribution in [1.29, 1.82) is 0 Å². The van der Waals surface area contributed by atoms with E-state index in [0.717, 1.165) is 5.16 Å². The molecule has 9 heteroatoms. The molecule has 0 amide bonds. The van der Waals surface area contributed by atoms with Crippen LogP contribution in [-0.4, -0.2) is 40.0 Å². The molecular weight excluding hydrogens is 282 g/mol. The summed E-state index contributed by atoms with van der Waals surface area (Å²) in [5.41, 5.74) is 0. The fourth-order valence-corrected chi connectivity index (χ4v) is 2.60. The summed E-state index contributed by atoms with van der Waals surface area (Å²) in [6.07, 6.45) is 7.86. The van der Waals surface area contributed by atoms with Crippen LogP contribution in [0.25, 0.3) is 0 Å². The minimum absolute atomic E-state index is 0.593. The second kappa shape index (κ2) is 7.36. The van der Waals surface area contributed by atoms with E-state index in [0.29, 0.717) is 11.9 Å². The third-order valence-corrected chi connectivity index (χ3v) is 4.29. The molecule has 1 heterocycles. The van der Waals surface area contributed by atoms with Crippen LogP contribution in [0.3, 0.4) is 0 Å². The maximum Gasteiger partial charge on any atom is 0.252 e. The zero-order valence-electron chi connectivity index (χ0n) is 9.42. The van der Waals surface area contributed by atoms with E-state index in [-0.39, 0.29) is 0 Å². The van der Waals surface area contributed by atoms with Crippen LogP contribution < -0.4 is 8.43 Å². The molecule has 5 nitrogen and oxygen atoms in total. The van der Waals surface area contributed by atoms with Gasteiger partial charge in [0.25, 0.3) is 5.95 Å². The number of thioether (sulfide) groups is 1. The van der Waals surface area contributed by atoms with Gasteiger partial charge in [-0.1, -0.05) is 23.7 Å². The van der Waals surface area contributed by atoms with Gasteiger partial charge in [0.2, 0.25) is 5.95 Å². The largest absolute Gasteiger partial charge is 0.298 e. The number of aromatic nitrogens is 3. The van der Waals surface area contributed by atoms with E-state index < -0.39 is 0 Å². The van der Waals surface area contributed by atoms with E-state index in [2.05, 4.69) is 19.7 Å². The van der Waals surface area contributed by atoms with Crippen LogP contribution in [0.2, 0.25) is 0 Å². The molecule has 0 aromatic carbocycles. The average Bonchev–Trinajstić information content (AvgIpc) is 2.31. The predicted molar refractivity (Wildman–Crippen MR) is 78.3 cm³/mol. The Bertz CT molecular complexity index is 333. The van der Waals surface area contributed by atoms with Crippen molar-refractivity contribution >= 4 is 59.5 Å². The molecule has 0 spiro atoms. The number of rotatable bonds is 6. The molecule has 0 fully saturated rings. The first-order chi connectivity index (χ1) is 7.74. The summed E-state index contributed by atoms with van der Waals surface area (Å²) in [5.74, 6) is 1.26. The van der Waals surface area contributed by atoms with Gasteiger partial charge in [0.1, 0.15) is 0 Å². The molecule has 0 bridgehead atoms. The summed E-state index contributed by atoms with van der Waals surface area (Å²) in [4.78, 5) is 12.9. The molecule has 0 aliphatic rings. The molecule has 1 aromatic heterocycles. The van der Waals surface area contributed by atoms with Gasteiger partial charge in [-0.3, -0.25) is 4.72 Å². The lowest BCUT2D eigenvalue weighted by Crippen LogP contribution is -2.09. The van der Waals surface area contributed by atoms with Gasteiger partial charge in [-0.15, -0.1) is 0 Å². The Balaban J connectivity index is 3.02. The zero-order valence-corrected chi connectivity index (χ0v) is 12.7. The summed E-state index contributed by atoms with van der Waals surface area (Å²) >= 11 is 6.11. The molecule has 1 N–H and O–H groups in total. The molecule has 0 aliphatic heterocycles. The highest BCUT2D eigenvalue weighted by molar-refractivity contribution is 8.17. The molecule has 0 atom stereocenters. The smallest absolute Gasteiger partial charge is 0.252 e. The first-order valence-corrected chi connectivity index (χ1v) is 9.03. The number of nitrogens with zero attached hydrogens (tertiary/aromatic N) is 4. The van der Waals surface area contributed by atoms with E-state index in [1.807, 2.05) is 28.7 Å². The van der Waals surface area contributed by atoms with Crippen molar-refractivity contribution in [3.8, 4) is 0 Å². The second-order valence-electron chi connectivity index (χ2n) is 2.37. The second-order valence-corrected chi connectivity index (χ2v) is 5.45. The van der Waals surface area contributed by atoms with Crippen molar-refractivity contribution in [2.45, 2.75) is 5.16 Å². The molecule has 0 unspecified atom stereocenters. The number of hydrogen-bond acceptors (Lipinski definition) is 9. The fraction of sp³-hybridized carbons (Fsp3) is 0.571. The van der Waals surface area contributed by atoms with Crippen LogP contribution in [0, 0.1) is 0 Å². The number of anilines is 2. The maximum absolute atomic E-state index is 4.35. The third kappa shape index (κ3) is 3.79. The van der Waals surface area contributed by atoms with Gasteiger partial charge in [0.05, 0.1) is 0 Å². The topological polar surface area (TPSA) is 53.9 Å². The Hall–Kier alpha value is 0.01000. The van der Waals surface area contributed by atoms with Crippen LogP contribution in [0.1, 0.15) is 0 Å². The van der Waals surface area contributed by atoms with Gasteiger partial charge in [-0.25, -0.2) is 3.71 Å². The van der Waals surface area contributed by atoms with Crippen molar-refractivity contribution in [3.05, 3.63) is 0 Å². The third-order valence-electron chi connectivity index (χ3n) is 1.47. The van der Waals surface area contributed by atoms with Gasteiger partial charge in [0.15, 0.2) is 5.16 Å². The van der Waals surface area contributed by atoms with Crippen molar-refractivity contribution in [2.75, 3.05) is 33.5 Å². The lowest BCUT2D eigenvalue weighted by atomic mass is 10.9. The summed E-state index contributed by atoms with van der Waals surface area (Å²) < 4.78 is 4.96. The summed E-state index contributed by atoms with van der Waals surface area (Å²) in [6, 6.07) is 0. The van der Waals surface area contributed by atoms with E-state index in [4.69, 9.17) is 0 Å². The molecule has 0 saturated carbocycles. The highest BCUT2D eigenvalue weighted by Gasteiger charge is 2.11. The normalized spacial score (nSPS) is 10.2. The van der Waals surface area contributed by atoms with Crippen LogP contribution in [-0.2, 0) is 0 Å². The van der Waals surface area contributed by atoms with Gasteiger partial charge in [-0.05, 0) is 30.2 Å². The van der Waals surface area contributed by atoms with Gasteiger partial charge >= 0.3 is 0 Å². The summed E-state index contributed by atoms with van der Waals surface area (Å²) in [5, 5.41) is 0.717. The van der Waals surface area contributed by atoms with E-state index >= 15 is 0 Å². The predicted octanol–water partition coefficient (Wildman–Crippen LogP) is 2.65. The van der Waals surface area contributed by atoms with E-state index in [9.17, 15) is 0 Å². The van der Waals surface area contributed by atoms with Gasteiger partial charge in [-0.2, -0.15) is 15.0 Å². The molecular formula is C7H13N5S4. The molecule has 16 heavy (non-hydrogen) atoms. The highest BCUT2D eigenvalue weighted by Crippen LogP contribution is 2.26. The first-order valence-electron chi connectivity index (χ1n) is 4.22. The van der Waals surface area contributed by atoms with Crippen LogP contribution in [0.5, 0.6) is 0 Å². The van der Waals surface area contributed by atoms with Crippen molar-refractivity contribution in [3.63, 3.8) is 0 Å². The van der Waals surface area contributed by atoms with E-state index in [1.165, 1.54) is 23.7 Å². The Labute approximate surface area is 113 Å². The van der Waals surface area contributed by atoms with Crippen LogP contribution in [0.4, 0.5) is 11.9 Å². The minimum atomic E-state index is 0.593. The number of nitrogens with one attached hydrogen (secondary N) is 1. The lowest BCUT2D eigenvalue weighted by Gasteiger charge is -2.16. The Morgan fingerprint density at radius 1 is 1.00 bits per heavy atom. The summed E-state index contributed by atoms with van der Waals surface area (Å²) in [6.45, 7) is 0. The lowest BCUT2D eigenvalue weighted by molar-refractivity contribution is 0.924. The zero-order chi connectivity index (χ0) is 12.0. The Morgan fingerprint density at radius 2 is 1.69 bits per heavy atom. The molecule has 1 rings (SSSR count). The highest BCUT2D eigenvalue weighted by atomic mass is 32.2. The van der Waals surface area contributed by atoms with Gasteiger partial charge in [0, 0.05) is 18.8 Å². The van der Waals surface area contributed by atoms with E-state index in [1.54, 1.807) is 23.9 Å². The van der Waals surface area contributed by atoms with Gasteiger partial charge < -0.3 is 0 Å².